The fourth-order valence-electron chi connectivity index (χ4n) is 2.95. The molecule has 2 heterocycles. The summed E-state index contributed by atoms with van der Waals surface area (Å²) in [7, 11) is 0. The summed E-state index contributed by atoms with van der Waals surface area (Å²) in [6.07, 6.45) is 1.23. The van der Waals surface area contributed by atoms with Gasteiger partial charge < -0.3 is 14.8 Å². The van der Waals surface area contributed by atoms with Crippen LogP contribution in [0.1, 0.15) is 25.8 Å². The molecular weight excluding hydrogens is 252 g/mol. The van der Waals surface area contributed by atoms with Gasteiger partial charge in [-0.1, -0.05) is 12.1 Å². The lowest BCUT2D eigenvalue weighted by atomic mass is 10.1. The smallest absolute Gasteiger partial charge is 0.165 e. The van der Waals surface area contributed by atoms with Crippen LogP contribution >= 0.6 is 0 Å². The van der Waals surface area contributed by atoms with E-state index in [1.165, 1.54) is 18.5 Å². The van der Waals surface area contributed by atoms with Gasteiger partial charge in [-0.2, -0.15) is 0 Å². The van der Waals surface area contributed by atoms with Gasteiger partial charge in [-0.3, -0.25) is 4.90 Å². The molecule has 1 fully saturated rings. The predicted molar refractivity (Wildman–Crippen MR) is 79.4 cm³/mol. The minimum Gasteiger partial charge on any atom is -0.486 e. The minimum absolute atomic E-state index is 0.581. The molecule has 1 aromatic carbocycles. The summed E-state index contributed by atoms with van der Waals surface area (Å²) in [5.41, 5.74) is 1.20. The van der Waals surface area contributed by atoms with Gasteiger partial charge >= 0.3 is 0 Å². The highest BCUT2D eigenvalue weighted by molar-refractivity contribution is 5.47. The molecule has 2 aliphatic heterocycles. The molecule has 0 aliphatic carbocycles. The van der Waals surface area contributed by atoms with Crippen molar-refractivity contribution in [2.45, 2.75) is 38.9 Å². The number of fused-ring (bicyclic) bond motifs is 1. The molecule has 1 atom stereocenters. The number of para-hydroxylation sites is 1. The number of ether oxygens (including phenoxy) is 2. The first-order chi connectivity index (χ1) is 9.74. The Bertz CT molecular complexity index is 462. The van der Waals surface area contributed by atoms with E-state index in [2.05, 4.69) is 30.1 Å². The summed E-state index contributed by atoms with van der Waals surface area (Å²) in [4.78, 5) is 2.53. The van der Waals surface area contributed by atoms with Gasteiger partial charge in [-0.25, -0.2) is 0 Å². The van der Waals surface area contributed by atoms with Gasteiger partial charge in [0.05, 0.1) is 0 Å². The minimum atomic E-state index is 0.581. The summed E-state index contributed by atoms with van der Waals surface area (Å²) in [5.74, 6) is 1.80. The second-order valence-electron chi connectivity index (χ2n) is 5.90. The molecule has 0 saturated carbocycles. The number of benzene rings is 1. The maximum absolute atomic E-state index is 5.75. The van der Waals surface area contributed by atoms with Crippen molar-refractivity contribution in [1.29, 1.82) is 0 Å². The van der Waals surface area contributed by atoms with Crippen molar-refractivity contribution in [1.82, 2.24) is 10.2 Å². The Labute approximate surface area is 121 Å². The van der Waals surface area contributed by atoms with E-state index in [9.17, 15) is 0 Å². The van der Waals surface area contributed by atoms with Crippen LogP contribution in [0, 0.1) is 0 Å². The summed E-state index contributed by atoms with van der Waals surface area (Å²) >= 11 is 0. The molecular formula is C16H24N2O2. The molecule has 0 aromatic heterocycles. The van der Waals surface area contributed by atoms with Crippen LogP contribution < -0.4 is 14.8 Å². The average molecular weight is 276 g/mol. The second-order valence-corrected chi connectivity index (χ2v) is 5.90. The van der Waals surface area contributed by atoms with Gasteiger partial charge in [0, 0.05) is 30.7 Å². The molecule has 1 saturated heterocycles. The Morgan fingerprint density at radius 2 is 2.15 bits per heavy atom. The van der Waals surface area contributed by atoms with Crippen molar-refractivity contribution in [2.24, 2.45) is 0 Å². The van der Waals surface area contributed by atoms with Crippen LogP contribution in [0.25, 0.3) is 0 Å². The molecule has 20 heavy (non-hydrogen) atoms. The van der Waals surface area contributed by atoms with Crippen LogP contribution in [0.5, 0.6) is 11.5 Å². The molecule has 110 valence electrons. The van der Waals surface area contributed by atoms with E-state index < -0.39 is 0 Å². The van der Waals surface area contributed by atoms with E-state index in [0.717, 1.165) is 24.6 Å². The molecule has 4 heteroatoms. The Morgan fingerprint density at radius 1 is 1.30 bits per heavy atom. The van der Waals surface area contributed by atoms with Crippen molar-refractivity contribution < 1.29 is 9.47 Å². The molecule has 0 unspecified atom stereocenters. The number of rotatable bonds is 4. The highest BCUT2D eigenvalue weighted by atomic mass is 16.6. The highest BCUT2D eigenvalue weighted by Gasteiger charge is 2.24. The zero-order valence-electron chi connectivity index (χ0n) is 12.4. The Balaban J connectivity index is 1.59. The Kier molecular flexibility index (Phi) is 4.13. The molecule has 0 amide bonds. The van der Waals surface area contributed by atoms with E-state index >= 15 is 0 Å². The average Bonchev–Trinajstić information content (AvgIpc) is 2.94. The number of likely N-dealkylation sites (tertiary alicyclic amines) is 1. The largest absolute Gasteiger partial charge is 0.486 e. The van der Waals surface area contributed by atoms with E-state index in [1.807, 2.05) is 12.1 Å². The van der Waals surface area contributed by atoms with E-state index in [0.29, 0.717) is 25.3 Å². The van der Waals surface area contributed by atoms with Crippen LogP contribution in [0.4, 0.5) is 0 Å². The third-order valence-corrected chi connectivity index (χ3v) is 4.18. The van der Waals surface area contributed by atoms with Crippen molar-refractivity contribution >= 4 is 0 Å². The van der Waals surface area contributed by atoms with Crippen LogP contribution in [-0.4, -0.2) is 43.3 Å². The fourth-order valence-corrected chi connectivity index (χ4v) is 2.95. The van der Waals surface area contributed by atoms with Gasteiger partial charge in [0.15, 0.2) is 11.5 Å². The van der Waals surface area contributed by atoms with Gasteiger partial charge in [-0.15, -0.1) is 0 Å². The highest BCUT2D eigenvalue weighted by Crippen LogP contribution is 2.33. The first-order valence-corrected chi connectivity index (χ1v) is 7.59. The molecule has 0 radical (unpaired) electrons. The Morgan fingerprint density at radius 3 is 2.95 bits per heavy atom. The lowest BCUT2D eigenvalue weighted by Crippen LogP contribution is -2.35. The van der Waals surface area contributed by atoms with E-state index in [4.69, 9.17) is 9.47 Å². The summed E-state index contributed by atoms with van der Waals surface area (Å²) in [5, 5.41) is 3.66. The number of nitrogens with zero attached hydrogens (tertiary/aromatic N) is 1. The van der Waals surface area contributed by atoms with Crippen LogP contribution in [0.2, 0.25) is 0 Å². The third kappa shape index (κ3) is 2.91. The Hall–Kier alpha value is -1.26. The third-order valence-electron chi connectivity index (χ3n) is 4.18. The molecule has 0 bridgehead atoms. The van der Waals surface area contributed by atoms with Gasteiger partial charge in [-0.05, 0) is 32.9 Å². The van der Waals surface area contributed by atoms with Gasteiger partial charge in [0.1, 0.15) is 13.2 Å². The van der Waals surface area contributed by atoms with E-state index in [1.54, 1.807) is 0 Å². The summed E-state index contributed by atoms with van der Waals surface area (Å²) in [6, 6.07) is 7.37. The second kappa shape index (κ2) is 6.02. The summed E-state index contributed by atoms with van der Waals surface area (Å²) < 4.78 is 11.4. The maximum atomic E-state index is 5.75. The van der Waals surface area contributed by atoms with E-state index in [-0.39, 0.29) is 0 Å². The van der Waals surface area contributed by atoms with Crippen LogP contribution in [0.15, 0.2) is 18.2 Å². The standard InChI is InChI=1S/C16H24N2O2/c1-12(2)18-7-6-14(11-18)17-10-13-4-3-5-15-16(13)20-9-8-19-15/h3-5,12,14,17H,6-11H2,1-2H3/t14-/m1/s1. The first kappa shape index (κ1) is 13.7. The maximum Gasteiger partial charge on any atom is 0.165 e. The molecule has 1 aromatic rings. The van der Waals surface area contributed by atoms with Crippen LogP contribution in [-0.2, 0) is 6.54 Å². The van der Waals surface area contributed by atoms with Crippen molar-refractivity contribution in [3.63, 3.8) is 0 Å². The molecule has 3 rings (SSSR count). The molecule has 2 aliphatic rings. The van der Waals surface area contributed by atoms with Crippen molar-refractivity contribution in [3.8, 4) is 11.5 Å². The monoisotopic (exact) mass is 276 g/mol. The molecule has 1 N–H and O–H groups in total. The predicted octanol–water partition coefficient (Wildman–Crippen LogP) is 2.03. The number of hydrogen-bond acceptors (Lipinski definition) is 4. The van der Waals surface area contributed by atoms with Crippen molar-refractivity contribution in [3.05, 3.63) is 23.8 Å². The van der Waals surface area contributed by atoms with Crippen molar-refractivity contribution in [2.75, 3.05) is 26.3 Å². The SMILES string of the molecule is CC(C)N1CC[C@@H](NCc2cccc3c2OCCO3)C1. The zero-order chi connectivity index (χ0) is 13.9. The van der Waals surface area contributed by atoms with Gasteiger partial charge in [0.25, 0.3) is 0 Å². The fraction of sp³-hybridized carbons (Fsp3) is 0.625. The quantitative estimate of drug-likeness (QED) is 0.912. The lowest BCUT2D eigenvalue weighted by Gasteiger charge is -2.23. The molecule has 0 spiro atoms. The van der Waals surface area contributed by atoms with Gasteiger partial charge in [0.2, 0.25) is 0 Å². The lowest BCUT2D eigenvalue weighted by molar-refractivity contribution is 0.169. The van der Waals surface area contributed by atoms with Crippen LogP contribution in [0.3, 0.4) is 0 Å². The topological polar surface area (TPSA) is 33.7 Å². The normalized spacial score (nSPS) is 22.4. The summed E-state index contributed by atoms with van der Waals surface area (Å²) in [6.45, 7) is 9.02. The first-order valence-electron chi connectivity index (χ1n) is 7.59. The zero-order valence-corrected chi connectivity index (χ0v) is 12.4. The number of hydrogen-bond donors (Lipinski definition) is 1. The molecule has 4 nitrogen and oxygen atoms in total. The number of nitrogens with one attached hydrogen (secondary N) is 1.